The third kappa shape index (κ3) is 2.09. The van der Waals surface area contributed by atoms with Gasteiger partial charge < -0.3 is 9.64 Å². The molecular weight excluding hydrogens is 230 g/mol. The molecule has 5 nitrogen and oxygen atoms in total. The third-order valence-corrected chi connectivity index (χ3v) is 3.06. The summed E-state index contributed by atoms with van der Waals surface area (Å²) in [6.45, 7) is 2.62. The van der Waals surface area contributed by atoms with Crippen LogP contribution in [0.1, 0.15) is 17.4 Å². The topological polar surface area (TPSA) is 46.8 Å². The Balaban J connectivity index is 2.46. The summed E-state index contributed by atoms with van der Waals surface area (Å²) in [5.41, 5.74) is 1.34. The van der Waals surface area contributed by atoms with Crippen LogP contribution in [0.2, 0.25) is 0 Å². The highest BCUT2D eigenvalue weighted by atomic mass is 16.5. The highest BCUT2D eigenvalue weighted by Gasteiger charge is 2.18. The number of imidazole rings is 1. The first kappa shape index (κ1) is 12.6. The van der Waals surface area contributed by atoms with Gasteiger partial charge in [0.2, 0.25) is 0 Å². The lowest BCUT2D eigenvalue weighted by Gasteiger charge is -2.24. The molecule has 0 N–H and O–H groups in total. The van der Waals surface area contributed by atoms with Crippen molar-refractivity contribution in [3.63, 3.8) is 0 Å². The number of fused-ring (bicyclic) bond motifs is 1. The molecule has 0 aliphatic carbocycles. The Morgan fingerprint density at radius 1 is 1.56 bits per heavy atom. The minimum Gasteiger partial charge on any atom is -0.383 e. The summed E-state index contributed by atoms with van der Waals surface area (Å²) in [4.78, 5) is 17.7. The lowest BCUT2D eigenvalue weighted by molar-refractivity contribution is 0.111. The average Bonchev–Trinajstić information content (AvgIpc) is 2.76. The molecule has 0 aliphatic rings. The summed E-state index contributed by atoms with van der Waals surface area (Å²) in [6, 6.07) is 5.81. The van der Waals surface area contributed by atoms with Crippen molar-refractivity contribution in [2.75, 3.05) is 25.7 Å². The number of aromatic nitrogens is 2. The molecule has 96 valence electrons. The van der Waals surface area contributed by atoms with Gasteiger partial charge in [-0.05, 0) is 19.1 Å². The molecule has 2 heterocycles. The molecule has 0 saturated carbocycles. The van der Waals surface area contributed by atoms with Crippen LogP contribution in [0.5, 0.6) is 0 Å². The fourth-order valence-electron chi connectivity index (χ4n) is 1.93. The molecular formula is C13H17N3O2. The van der Waals surface area contributed by atoms with E-state index in [0.717, 1.165) is 11.9 Å². The lowest BCUT2D eigenvalue weighted by atomic mass is 10.3. The Labute approximate surface area is 106 Å². The summed E-state index contributed by atoms with van der Waals surface area (Å²) in [5.74, 6) is 0.681. The second-order valence-corrected chi connectivity index (χ2v) is 4.28. The summed E-state index contributed by atoms with van der Waals surface area (Å²) in [5, 5.41) is 0. The number of carbonyl (C=O) groups excluding carboxylic acids is 1. The van der Waals surface area contributed by atoms with Crippen molar-refractivity contribution < 1.29 is 9.53 Å². The number of rotatable bonds is 5. The Morgan fingerprint density at radius 3 is 3.00 bits per heavy atom. The number of hydrogen-bond donors (Lipinski definition) is 0. The van der Waals surface area contributed by atoms with Crippen LogP contribution in [0, 0.1) is 0 Å². The molecule has 0 saturated heterocycles. The molecule has 2 aromatic heterocycles. The number of likely N-dealkylation sites (N-methyl/N-ethyl adjacent to an activating group) is 1. The zero-order valence-corrected chi connectivity index (χ0v) is 10.8. The van der Waals surface area contributed by atoms with Gasteiger partial charge in [-0.2, -0.15) is 0 Å². The van der Waals surface area contributed by atoms with Gasteiger partial charge in [0.15, 0.2) is 12.1 Å². The van der Waals surface area contributed by atoms with Crippen molar-refractivity contribution in [1.82, 2.24) is 9.38 Å². The van der Waals surface area contributed by atoms with E-state index >= 15 is 0 Å². The Kier molecular flexibility index (Phi) is 3.62. The summed E-state index contributed by atoms with van der Waals surface area (Å²) >= 11 is 0. The average molecular weight is 247 g/mol. The Bertz CT molecular complexity index is 550. The summed E-state index contributed by atoms with van der Waals surface area (Å²) < 4.78 is 6.92. The van der Waals surface area contributed by atoms with Gasteiger partial charge in [0.25, 0.3) is 0 Å². The van der Waals surface area contributed by atoms with E-state index in [1.54, 1.807) is 11.5 Å². The van der Waals surface area contributed by atoms with Gasteiger partial charge in [-0.25, -0.2) is 4.98 Å². The van der Waals surface area contributed by atoms with Crippen LogP contribution in [0.25, 0.3) is 5.65 Å². The standard InChI is InChI=1S/C13H17N3O2/c1-10(9-18-3)15(2)13-11(8-17)16-7-5-4-6-12(16)14-13/h4-8,10H,9H2,1-3H3. The minimum atomic E-state index is 0.151. The summed E-state index contributed by atoms with van der Waals surface area (Å²) in [6.07, 6.45) is 2.68. The van der Waals surface area contributed by atoms with Gasteiger partial charge in [0.1, 0.15) is 11.3 Å². The van der Waals surface area contributed by atoms with E-state index in [1.807, 2.05) is 43.3 Å². The number of methoxy groups -OCH3 is 1. The van der Waals surface area contributed by atoms with Crippen molar-refractivity contribution in [3.05, 3.63) is 30.1 Å². The van der Waals surface area contributed by atoms with Crippen LogP contribution in [0.4, 0.5) is 5.82 Å². The van der Waals surface area contributed by atoms with Gasteiger partial charge in [-0.15, -0.1) is 0 Å². The number of hydrogen-bond acceptors (Lipinski definition) is 4. The minimum absolute atomic E-state index is 0.151. The fraction of sp³-hybridized carbons (Fsp3) is 0.385. The second-order valence-electron chi connectivity index (χ2n) is 4.28. The predicted molar refractivity (Wildman–Crippen MR) is 70.3 cm³/mol. The molecule has 2 aromatic rings. The Hall–Kier alpha value is -1.88. The van der Waals surface area contributed by atoms with Gasteiger partial charge in [-0.1, -0.05) is 6.07 Å². The number of aldehydes is 1. The first-order chi connectivity index (χ1) is 8.69. The van der Waals surface area contributed by atoms with E-state index in [9.17, 15) is 4.79 Å². The molecule has 1 atom stereocenters. The largest absolute Gasteiger partial charge is 0.383 e. The normalized spacial score (nSPS) is 12.6. The molecule has 0 radical (unpaired) electrons. The predicted octanol–water partition coefficient (Wildman–Crippen LogP) is 1.62. The van der Waals surface area contributed by atoms with E-state index < -0.39 is 0 Å². The first-order valence-corrected chi connectivity index (χ1v) is 5.83. The van der Waals surface area contributed by atoms with E-state index in [4.69, 9.17) is 4.74 Å². The number of ether oxygens (including phenoxy) is 1. The van der Waals surface area contributed by atoms with Crippen molar-refractivity contribution in [2.45, 2.75) is 13.0 Å². The summed E-state index contributed by atoms with van der Waals surface area (Å²) in [7, 11) is 3.58. The quantitative estimate of drug-likeness (QED) is 0.753. The van der Waals surface area contributed by atoms with Crippen molar-refractivity contribution in [3.8, 4) is 0 Å². The van der Waals surface area contributed by atoms with Crippen molar-refractivity contribution in [2.24, 2.45) is 0 Å². The van der Waals surface area contributed by atoms with Crippen LogP contribution in [0.15, 0.2) is 24.4 Å². The number of carbonyl (C=O) groups is 1. The lowest BCUT2D eigenvalue weighted by Crippen LogP contribution is -2.33. The zero-order chi connectivity index (χ0) is 13.1. The molecule has 0 aromatic carbocycles. The highest BCUT2D eigenvalue weighted by molar-refractivity contribution is 5.83. The zero-order valence-electron chi connectivity index (χ0n) is 10.8. The second kappa shape index (κ2) is 5.18. The van der Waals surface area contributed by atoms with Crippen LogP contribution in [0.3, 0.4) is 0 Å². The van der Waals surface area contributed by atoms with E-state index in [1.165, 1.54) is 0 Å². The maximum Gasteiger partial charge on any atom is 0.170 e. The molecule has 0 aliphatic heterocycles. The van der Waals surface area contributed by atoms with Crippen molar-refractivity contribution in [1.29, 1.82) is 0 Å². The van der Waals surface area contributed by atoms with E-state index in [-0.39, 0.29) is 6.04 Å². The first-order valence-electron chi connectivity index (χ1n) is 5.83. The number of anilines is 1. The van der Waals surface area contributed by atoms with Crippen LogP contribution in [-0.2, 0) is 4.74 Å². The smallest absolute Gasteiger partial charge is 0.170 e. The highest BCUT2D eigenvalue weighted by Crippen LogP contribution is 2.20. The molecule has 0 spiro atoms. The van der Waals surface area contributed by atoms with Crippen LogP contribution >= 0.6 is 0 Å². The molecule has 1 unspecified atom stereocenters. The Morgan fingerprint density at radius 2 is 2.33 bits per heavy atom. The van der Waals surface area contributed by atoms with E-state index in [2.05, 4.69) is 4.98 Å². The van der Waals surface area contributed by atoms with Gasteiger partial charge >= 0.3 is 0 Å². The molecule has 0 bridgehead atoms. The van der Waals surface area contributed by atoms with Gasteiger partial charge in [-0.3, -0.25) is 9.20 Å². The third-order valence-electron chi connectivity index (χ3n) is 3.06. The van der Waals surface area contributed by atoms with Crippen LogP contribution < -0.4 is 4.90 Å². The van der Waals surface area contributed by atoms with Gasteiger partial charge in [0, 0.05) is 20.4 Å². The SMILES string of the molecule is COCC(C)N(C)c1nc2ccccn2c1C=O. The number of pyridine rings is 1. The molecule has 5 heteroatoms. The molecule has 0 amide bonds. The van der Waals surface area contributed by atoms with Crippen LogP contribution in [-0.4, -0.2) is 42.5 Å². The molecule has 0 fully saturated rings. The molecule has 18 heavy (non-hydrogen) atoms. The fourth-order valence-corrected chi connectivity index (χ4v) is 1.93. The van der Waals surface area contributed by atoms with Crippen molar-refractivity contribution >= 4 is 17.8 Å². The monoisotopic (exact) mass is 247 g/mol. The van der Waals surface area contributed by atoms with Gasteiger partial charge in [0.05, 0.1) is 12.6 Å². The molecule has 2 rings (SSSR count). The number of nitrogens with zero attached hydrogens (tertiary/aromatic N) is 3. The maximum absolute atomic E-state index is 11.3. The van der Waals surface area contributed by atoms with E-state index in [0.29, 0.717) is 18.1 Å². The maximum atomic E-state index is 11.3.